The number of amides is 1. The zero-order valence-electron chi connectivity index (χ0n) is 10.4. The lowest BCUT2D eigenvalue weighted by Crippen LogP contribution is -2.39. The Hall–Kier alpha value is -1.10. The zero-order valence-corrected chi connectivity index (χ0v) is 10.4. The van der Waals surface area contributed by atoms with Crippen LogP contribution in [-0.4, -0.2) is 40.5 Å². The summed E-state index contributed by atoms with van der Waals surface area (Å²) in [6, 6.07) is -0.229. The van der Waals surface area contributed by atoms with E-state index in [0.717, 1.165) is 25.7 Å². The van der Waals surface area contributed by atoms with Crippen LogP contribution in [0.15, 0.2) is 0 Å². The van der Waals surface area contributed by atoms with Gasteiger partial charge in [-0.1, -0.05) is 13.3 Å². The Morgan fingerprint density at radius 3 is 2.82 bits per heavy atom. The van der Waals surface area contributed by atoms with Crippen molar-refractivity contribution in [3.05, 3.63) is 0 Å². The second-order valence-electron chi connectivity index (χ2n) is 4.73. The van der Waals surface area contributed by atoms with Gasteiger partial charge in [0.15, 0.2) is 0 Å². The third kappa shape index (κ3) is 4.34. The first-order valence-electron chi connectivity index (χ1n) is 6.31. The van der Waals surface area contributed by atoms with Crippen LogP contribution in [-0.2, 0) is 9.59 Å². The van der Waals surface area contributed by atoms with E-state index in [9.17, 15) is 9.59 Å². The topological polar surface area (TPSA) is 83.6 Å². The van der Waals surface area contributed by atoms with Gasteiger partial charge in [-0.2, -0.15) is 0 Å². The van der Waals surface area contributed by atoms with Crippen molar-refractivity contribution in [2.45, 2.75) is 57.5 Å². The van der Waals surface area contributed by atoms with E-state index in [-0.39, 0.29) is 24.4 Å². The standard InChI is InChI=1S/C12H22N2O3/c1-2-4-9(13)7-11(15)14-6-3-5-10(14)8-12(16)17/h9-10H,2-8,13H2,1H3,(H,16,17). The molecule has 2 unspecified atom stereocenters. The molecule has 1 heterocycles. The predicted octanol–water partition coefficient (Wildman–Crippen LogP) is 0.970. The average Bonchev–Trinajstić information content (AvgIpc) is 2.65. The van der Waals surface area contributed by atoms with Gasteiger partial charge < -0.3 is 15.7 Å². The van der Waals surface area contributed by atoms with E-state index in [4.69, 9.17) is 10.8 Å². The fourth-order valence-corrected chi connectivity index (χ4v) is 2.39. The molecule has 17 heavy (non-hydrogen) atoms. The maximum atomic E-state index is 12.0. The molecular weight excluding hydrogens is 220 g/mol. The van der Waals surface area contributed by atoms with E-state index in [2.05, 4.69) is 0 Å². The van der Waals surface area contributed by atoms with Gasteiger partial charge in [-0.3, -0.25) is 9.59 Å². The SMILES string of the molecule is CCCC(N)CC(=O)N1CCCC1CC(=O)O. The van der Waals surface area contributed by atoms with Gasteiger partial charge in [-0.15, -0.1) is 0 Å². The first kappa shape index (κ1) is 14.0. The molecule has 1 amide bonds. The maximum absolute atomic E-state index is 12.0. The van der Waals surface area contributed by atoms with E-state index in [1.165, 1.54) is 0 Å². The highest BCUT2D eigenvalue weighted by molar-refractivity contribution is 5.78. The number of carbonyl (C=O) groups excluding carboxylic acids is 1. The minimum atomic E-state index is -0.840. The highest BCUT2D eigenvalue weighted by Gasteiger charge is 2.30. The monoisotopic (exact) mass is 242 g/mol. The Morgan fingerprint density at radius 2 is 2.24 bits per heavy atom. The summed E-state index contributed by atoms with van der Waals surface area (Å²) < 4.78 is 0. The molecule has 0 radical (unpaired) electrons. The number of nitrogens with zero attached hydrogens (tertiary/aromatic N) is 1. The van der Waals surface area contributed by atoms with Gasteiger partial charge in [0.05, 0.1) is 6.42 Å². The van der Waals surface area contributed by atoms with Crippen molar-refractivity contribution in [2.24, 2.45) is 5.73 Å². The highest BCUT2D eigenvalue weighted by Crippen LogP contribution is 2.21. The molecule has 0 saturated carbocycles. The van der Waals surface area contributed by atoms with Crippen molar-refractivity contribution in [3.8, 4) is 0 Å². The maximum Gasteiger partial charge on any atom is 0.305 e. The largest absolute Gasteiger partial charge is 0.481 e. The molecule has 5 nitrogen and oxygen atoms in total. The Kier molecular flexibility index (Phi) is 5.41. The van der Waals surface area contributed by atoms with Gasteiger partial charge >= 0.3 is 5.97 Å². The summed E-state index contributed by atoms with van der Waals surface area (Å²) in [6.07, 6.45) is 3.88. The number of nitrogens with two attached hydrogens (primary N) is 1. The predicted molar refractivity (Wildman–Crippen MR) is 64.5 cm³/mol. The number of rotatable bonds is 6. The first-order valence-corrected chi connectivity index (χ1v) is 6.31. The zero-order chi connectivity index (χ0) is 12.8. The number of carboxylic acid groups (broad SMARTS) is 1. The molecule has 1 rings (SSSR count). The van der Waals surface area contributed by atoms with Gasteiger partial charge in [0.1, 0.15) is 0 Å². The molecular formula is C12H22N2O3. The molecule has 3 N–H and O–H groups in total. The molecule has 5 heteroatoms. The molecule has 0 aromatic rings. The molecule has 1 saturated heterocycles. The van der Waals surface area contributed by atoms with Crippen molar-refractivity contribution in [3.63, 3.8) is 0 Å². The van der Waals surface area contributed by atoms with Gasteiger partial charge in [0, 0.05) is 25.0 Å². The molecule has 2 atom stereocenters. The third-order valence-electron chi connectivity index (χ3n) is 3.20. The lowest BCUT2D eigenvalue weighted by atomic mass is 10.1. The normalized spacial score (nSPS) is 21.5. The van der Waals surface area contributed by atoms with E-state index < -0.39 is 5.97 Å². The molecule has 1 aliphatic rings. The van der Waals surface area contributed by atoms with Crippen molar-refractivity contribution in [1.29, 1.82) is 0 Å². The van der Waals surface area contributed by atoms with Crippen molar-refractivity contribution < 1.29 is 14.7 Å². The Morgan fingerprint density at radius 1 is 1.53 bits per heavy atom. The molecule has 1 fully saturated rings. The van der Waals surface area contributed by atoms with Crippen LogP contribution in [0.25, 0.3) is 0 Å². The molecule has 1 aliphatic heterocycles. The summed E-state index contributed by atoms with van der Waals surface area (Å²) in [5, 5.41) is 8.78. The minimum Gasteiger partial charge on any atom is -0.481 e. The second kappa shape index (κ2) is 6.59. The second-order valence-corrected chi connectivity index (χ2v) is 4.73. The number of likely N-dealkylation sites (tertiary alicyclic amines) is 1. The highest BCUT2D eigenvalue weighted by atomic mass is 16.4. The summed E-state index contributed by atoms with van der Waals surface area (Å²) >= 11 is 0. The Balaban J connectivity index is 2.46. The first-order chi connectivity index (χ1) is 8.04. The lowest BCUT2D eigenvalue weighted by molar-refractivity contribution is -0.140. The average molecular weight is 242 g/mol. The van der Waals surface area contributed by atoms with Crippen molar-refractivity contribution in [1.82, 2.24) is 4.90 Å². The van der Waals surface area contributed by atoms with Crippen LogP contribution in [0.5, 0.6) is 0 Å². The van der Waals surface area contributed by atoms with Crippen LogP contribution in [0.2, 0.25) is 0 Å². The molecule has 0 bridgehead atoms. The Labute approximate surface area is 102 Å². The van der Waals surface area contributed by atoms with E-state index in [1.54, 1.807) is 4.90 Å². The number of hydrogen-bond donors (Lipinski definition) is 2. The molecule has 0 aliphatic carbocycles. The fraction of sp³-hybridized carbons (Fsp3) is 0.833. The van der Waals surface area contributed by atoms with Crippen LogP contribution >= 0.6 is 0 Å². The third-order valence-corrected chi connectivity index (χ3v) is 3.20. The summed E-state index contributed by atoms with van der Waals surface area (Å²) in [5.74, 6) is -0.831. The van der Waals surface area contributed by atoms with E-state index in [1.807, 2.05) is 6.92 Å². The summed E-state index contributed by atoms with van der Waals surface area (Å²) in [4.78, 5) is 24.4. The smallest absolute Gasteiger partial charge is 0.305 e. The van der Waals surface area contributed by atoms with Gasteiger partial charge in [-0.05, 0) is 19.3 Å². The van der Waals surface area contributed by atoms with Crippen LogP contribution in [0.3, 0.4) is 0 Å². The molecule has 0 spiro atoms. The van der Waals surface area contributed by atoms with Gasteiger partial charge in [0.25, 0.3) is 0 Å². The molecule has 0 aromatic heterocycles. The minimum absolute atomic E-state index is 0.00898. The van der Waals surface area contributed by atoms with E-state index in [0.29, 0.717) is 13.0 Å². The van der Waals surface area contributed by atoms with Gasteiger partial charge in [-0.25, -0.2) is 0 Å². The van der Waals surface area contributed by atoms with Crippen LogP contribution in [0.4, 0.5) is 0 Å². The van der Waals surface area contributed by atoms with Crippen LogP contribution in [0.1, 0.15) is 45.4 Å². The van der Waals surface area contributed by atoms with Crippen LogP contribution in [0, 0.1) is 0 Å². The fourth-order valence-electron chi connectivity index (χ4n) is 2.39. The van der Waals surface area contributed by atoms with Crippen LogP contribution < -0.4 is 5.73 Å². The molecule has 0 aromatic carbocycles. The lowest BCUT2D eigenvalue weighted by Gasteiger charge is -2.24. The molecule has 98 valence electrons. The number of aliphatic carboxylic acids is 1. The Bertz CT molecular complexity index is 281. The summed E-state index contributed by atoms with van der Waals surface area (Å²) in [7, 11) is 0. The summed E-state index contributed by atoms with van der Waals surface area (Å²) in [5.41, 5.74) is 5.84. The van der Waals surface area contributed by atoms with Gasteiger partial charge in [0.2, 0.25) is 5.91 Å². The summed E-state index contributed by atoms with van der Waals surface area (Å²) in [6.45, 7) is 2.71. The number of hydrogen-bond acceptors (Lipinski definition) is 3. The number of carboxylic acids is 1. The van der Waals surface area contributed by atoms with E-state index >= 15 is 0 Å². The quantitative estimate of drug-likeness (QED) is 0.727. The van der Waals surface area contributed by atoms with Crippen molar-refractivity contribution >= 4 is 11.9 Å². The number of carbonyl (C=O) groups is 2. The van der Waals surface area contributed by atoms with Crippen molar-refractivity contribution in [2.75, 3.05) is 6.54 Å².